The maximum atomic E-state index is 13.5. The summed E-state index contributed by atoms with van der Waals surface area (Å²) in [6.45, 7) is 2.76. The molecule has 3 aliphatic heterocycles. The van der Waals surface area contributed by atoms with Gasteiger partial charge in [-0.25, -0.2) is 14.6 Å². The van der Waals surface area contributed by atoms with Gasteiger partial charge < -0.3 is 38.6 Å². The Bertz CT molecular complexity index is 2140. The van der Waals surface area contributed by atoms with E-state index in [1.807, 2.05) is 48.5 Å². The minimum absolute atomic E-state index is 0.0279. The second kappa shape index (κ2) is 17.5. The molecule has 3 saturated heterocycles. The van der Waals surface area contributed by atoms with Crippen LogP contribution in [0.15, 0.2) is 95.9 Å². The number of benzene rings is 3. The van der Waals surface area contributed by atoms with Crippen LogP contribution in [0.2, 0.25) is 10.0 Å². The number of nitrogens with one attached hydrogen (secondary N) is 1. The molecule has 2 aromatic heterocycles. The molecule has 0 spiro atoms. The van der Waals surface area contributed by atoms with Crippen LogP contribution < -0.4 is 24.3 Å². The molecule has 8 rings (SSSR count). The van der Waals surface area contributed by atoms with Crippen molar-refractivity contribution < 1.29 is 42.4 Å². The first-order chi connectivity index (χ1) is 27.2. The number of amides is 1. The van der Waals surface area contributed by atoms with Gasteiger partial charge >= 0.3 is 12.1 Å². The Kier molecular flexibility index (Phi) is 12.1. The molecular weight excluding hydrogens is 763 g/mol. The number of piperidine rings is 3. The number of alkyl carbamates (subject to hydrolysis) is 1. The van der Waals surface area contributed by atoms with E-state index < -0.39 is 24.2 Å². The number of hydrogen-bond acceptors (Lipinski definition) is 11. The van der Waals surface area contributed by atoms with Crippen LogP contribution in [0.4, 0.5) is 4.79 Å². The third-order valence-corrected chi connectivity index (χ3v) is 10.7. The van der Waals surface area contributed by atoms with E-state index in [0.717, 1.165) is 43.6 Å². The van der Waals surface area contributed by atoms with Crippen LogP contribution in [-0.2, 0) is 22.5 Å². The number of rotatable bonds is 14. The first-order valence-electron chi connectivity index (χ1n) is 18.1. The fraction of sp³-hybridized carbons (Fsp3) is 0.317. The normalized spacial score (nSPS) is 18.4. The van der Waals surface area contributed by atoms with Gasteiger partial charge in [0.05, 0.1) is 20.3 Å². The maximum absolute atomic E-state index is 13.5. The summed E-state index contributed by atoms with van der Waals surface area (Å²) in [5.41, 5.74) is 2.51. The molecule has 56 heavy (non-hydrogen) atoms. The number of nitrogens with zero attached hydrogens (tertiary/aromatic N) is 3. The second-order valence-corrected chi connectivity index (χ2v) is 14.4. The third kappa shape index (κ3) is 9.13. The molecule has 13 nitrogen and oxygen atoms in total. The summed E-state index contributed by atoms with van der Waals surface area (Å²) in [4.78, 5) is 33.4. The van der Waals surface area contributed by atoms with Crippen LogP contribution in [0, 0.1) is 11.1 Å². The average Bonchev–Trinajstić information content (AvgIpc) is 3.70. The molecule has 5 heterocycles. The molecule has 3 aromatic carbocycles. The summed E-state index contributed by atoms with van der Waals surface area (Å²) in [5, 5.41) is 15.2. The van der Waals surface area contributed by atoms with Crippen LogP contribution >= 0.6 is 23.2 Å². The highest BCUT2D eigenvalue weighted by Gasteiger charge is 2.37. The number of pyridine rings is 1. The van der Waals surface area contributed by atoms with Gasteiger partial charge in [0.2, 0.25) is 5.89 Å². The quantitative estimate of drug-likeness (QED) is 0.0687. The van der Waals surface area contributed by atoms with Crippen molar-refractivity contribution in [2.24, 2.45) is 5.92 Å². The van der Waals surface area contributed by atoms with Crippen molar-refractivity contribution in [3.63, 3.8) is 0 Å². The van der Waals surface area contributed by atoms with Gasteiger partial charge in [0.25, 0.3) is 0 Å². The Balaban J connectivity index is 1.04. The zero-order chi connectivity index (χ0) is 39.2. The molecule has 0 saturated carbocycles. The molecule has 0 unspecified atom stereocenters. The van der Waals surface area contributed by atoms with Crippen molar-refractivity contribution in [1.82, 2.24) is 15.2 Å². The molecule has 1 N–H and O–H groups in total. The van der Waals surface area contributed by atoms with E-state index in [4.69, 9.17) is 51.3 Å². The summed E-state index contributed by atoms with van der Waals surface area (Å²) in [5.74, 6) is 1.10. The lowest BCUT2D eigenvalue weighted by atomic mass is 9.86. The predicted molar refractivity (Wildman–Crippen MR) is 205 cm³/mol. The maximum Gasteiger partial charge on any atom is 0.408 e. The van der Waals surface area contributed by atoms with E-state index in [1.54, 1.807) is 24.3 Å². The SMILES string of the molecule is COc1ccc([C@H](Cc2c(Cl)c[n+]([O-])cc2Cl)OC(=O)c2coc(COc3cccc([C@@H](NC(=O)O[C@H]4CN5CCC4CC5)c4ccccc4)c3)n2)cc1OC. The van der Waals surface area contributed by atoms with Gasteiger partial charge in [0, 0.05) is 18.5 Å². The number of oxazole rings is 1. The van der Waals surface area contributed by atoms with Gasteiger partial charge in [-0.2, -0.15) is 4.73 Å². The molecule has 1 amide bonds. The summed E-state index contributed by atoms with van der Waals surface area (Å²) < 4.78 is 34.9. The highest BCUT2D eigenvalue weighted by atomic mass is 35.5. The van der Waals surface area contributed by atoms with Crippen LogP contribution in [-0.4, -0.2) is 61.9 Å². The van der Waals surface area contributed by atoms with E-state index in [-0.39, 0.29) is 40.8 Å². The number of esters is 1. The molecule has 0 radical (unpaired) electrons. The van der Waals surface area contributed by atoms with Crippen molar-refractivity contribution in [3.05, 3.63) is 141 Å². The molecule has 3 aliphatic rings. The van der Waals surface area contributed by atoms with E-state index in [0.29, 0.717) is 39.0 Å². The summed E-state index contributed by atoms with van der Waals surface area (Å²) in [6.07, 6.45) is 4.09. The predicted octanol–water partition coefficient (Wildman–Crippen LogP) is 7.26. The van der Waals surface area contributed by atoms with Crippen LogP contribution in [0.3, 0.4) is 0 Å². The Morgan fingerprint density at radius 1 is 0.946 bits per heavy atom. The Labute approximate surface area is 333 Å². The third-order valence-electron chi connectivity index (χ3n) is 10.0. The minimum atomic E-state index is -0.932. The number of fused-ring (bicyclic) bond motifs is 3. The Morgan fingerprint density at radius 3 is 2.38 bits per heavy atom. The lowest BCUT2D eigenvalue weighted by Crippen LogP contribution is -2.52. The van der Waals surface area contributed by atoms with Crippen molar-refractivity contribution in [3.8, 4) is 17.2 Å². The molecule has 292 valence electrons. The van der Waals surface area contributed by atoms with Crippen molar-refractivity contribution in [2.75, 3.05) is 33.9 Å². The fourth-order valence-corrected chi connectivity index (χ4v) is 7.72. The zero-order valence-corrected chi connectivity index (χ0v) is 32.2. The van der Waals surface area contributed by atoms with Crippen molar-refractivity contribution in [1.29, 1.82) is 0 Å². The molecule has 2 bridgehead atoms. The minimum Gasteiger partial charge on any atom is -0.619 e. The average molecular weight is 804 g/mol. The number of aromatic nitrogens is 2. The topological polar surface area (TPSA) is 149 Å². The van der Waals surface area contributed by atoms with Gasteiger partial charge in [-0.3, -0.25) is 4.90 Å². The number of ether oxygens (including phenoxy) is 5. The summed E-state index contributed by atoms with van der Waals surface area (Å²) in [6, 6.07) is 21.5. The van der Waals surface area contributed by atoms with E-state index in [9.17, 15) is 14.8 Å². The van der Waals surface area contributed by atoms with Gasteiger partial charge in [-0.05, 0) is 72.8 Å². The number of halogens is 2. The standard InChI is InChI=1S/C41H40Cl2N4O9/c1-51-34-12-11-27(18-36(34)52-2)35(19-30-31(42)20-47(50)21-32(30)43)55-40(48)33-23-54-38(44-33)24-53-29-10-6-9-28(17-29)39(26-7-4-3-5-8-26)45-41(49)56-37-22-46-15-13-25(37)14-16-46/h3-12,17-18,20-21,23,25,35,37,39H,13-16,19,22,24H2,1-2H3,(H,45,49)/t35-,37-,39-/m0/s1. The van der Waals surface area contributed by atoms with E-state index in [2.05, 4.69) is 15.2 Å². The van der Waals surface area contributed by atoms with Gasteiger partial charge in [0.15, 0.2) is 36.2 Å². The number of hydrogen-bond donors (Lipinski definition) is 1. The number of carbonyl (C=O) groups excluding carboxylic acids is 2. The van der Waals surface area contributed by atoms with Crippen molar-refractivity contribution >= 4 is 35.3 Å². The fourth-order valence-electron chi connectivity index (χ4n) is 7.12. The monoisotopic (exact) mass is 802 g/mol. The number of carbonyl (C=O) groups is 2. The first-order valence-corrected chi connectivity index (χ1v) is 18.8. The Hall–Kier alpha value is -5.50. The molecular formula is C41H40Cl2N4O9. The summed E-state index contributed by atoms with van der Waals surface area (Å²) >= 11 is 12.8. The zero-order valence-electron chi connectivity index (χ0n) is 30.7. The number of methoxy groups -OCH3 is 2. The molecule has 0 aliphatic carbocycles. The lowest BCUT2D eigenvalue weighted by molar-refractivity contribution is -0.605. The lowest BCUT2D eigenvalue weighted by Gasteiger charge is -2.43. The first kappa shape index (κ1) is 38.8. The second-order valence-electron chi connectivity index (χ2n) is 13.6. The molecule has 3 atom stereocenters. The van der Waals surface area contributed by atoms with Crippen LogP contribution in [0.5, 0.6) is 17.2 Å². The van der Waals surface area contributed by atoms with Crippen molar-refractivity contribution in [2.45, 2.75) is 44.1 Å². The van der Waals surface area contributed by atoms with Gasteiger partial charge in [-0.1, -0.05) is 71.7 Å². The smallest absolute Gasteiger partial charge is 0.408 e. The molecule has 3 fully saturated rings. The van der Waals surface area contributed by atoms with E-state index >= 15 is 0 Å². The summed E-state index contributed by atoms with van der Waals surface area (Å²) in [7, 11) is 3.00. The van der Waals surface area contributed by atoms with Crippen LogP contribution in [0.1, 0.15) is 63.6 Å². The highest BCUT2D eigenvalue weighted by Crippen LogP contribution is 2.36. The van der Waals surface area contributed by atoms with E-state index in [1.165, 1.54) is 32.9 Å². The molecule has 5 aromatic rings. The Morgan fingerprint density at radius 2 is 1.68 bits per heavy atom. The van der Waals surface area contributed by atoms with Crippen LogP contribution in [0.25, 0.3) is 0 Å². The van der Waals surface area contributed by atoms with Gasteiger partial charge in [-0.15, -0.1) is 0 Å². The van der Waals surface area contributed by atoms with Gasteiger partial charge in [0.1, 0.15) is 34.3 Å². The molecule has 15 heteroatoms. The largest absolute Gasteiger partial charge is 0.619 e. The highest BCUT2D eigenvalue weighted by molar-refractivity contribution is 6.35.